The van der Waals surface area contributed by atoms with E-state index in [9.17, 15) is 23.2 Å². The molecule has 0 atom stereocenters. The van der Waals surface area contributed by atoms with Crippen LogP contribution in [-0.4, -0.2) is 38.0 Å². The first kappa shape index (κ1) is 27.4. The van der Waals surface area contributed by atoms with Crippen molar-refractivity contribution in [2.75, 3.05) is 0 Å². The third kappa shape index (κ3) is 6.61. The summed E-state index contributed by atoms with van der Waals surface area (Å²) in [5, 5.41) is 9.50. The van der Waals surface area contributed by atoms with Gasteiger partial charge < -0.3 is 15.4 Å². The Morgan fingerprint density at radius 3 is 2.23 bits per heavy atom. The Balaban J connectivity index is 1.47. The van der Waals surface area contributed by atoms with Crippen LogP contribution in [0.1, 0.15) is 68.8 Å². The number of hydrogen-bond acceptors (Lipinski definition) is 6. The number of amides is 2. The van der Waals surface area contributed by atoms with Crippen molar-refractivity contribution < 1.29 is 27.9 Å². The summed E-state index contributed by atoms with van der Waals surface area (Å²) in [6.45, 7) is 7.25. The van der Waals surface area contributed by atoms with Crippen LogP contribution in [0.5, 0.6) is 0 Å². The third-order valence-electron chi connectivity index (χ3n) is 5.62. The van der Waals surface area contributed by atoms with Crippen molar-refractivity contribution in [1.29, 1.82) is 0 Å². The minimum Gasteiger partial charge on any atom is -0.456 e. The van der Waals surface area contributed by atoms with E-state index in [2.05, 4.69) is 20.7 Å². The lowest BCUT2D eigenvalue weighted by Crippen LogP contribution is -2.28. The van der Waals surface area contributed by atoms with Crippen LogP contribution in [0.25, 0.3) is 5.65 Å². The molecule has 2 N–H and O–H groups in total. The molecule has 0 aliphatic carbocycles. The molecule has 2 aromatic heterocycles. The van der Waals surface area contributed by atoms with Crippen molar-refractivity contribution in [3.8, 4) is 0 Å². The molecular weight excluding hydrogens is 508 g/mol. The average molecular weight is 536 g/mol. The zero-order chi connectivity index (χ0) is 28.3. The maximum absolute atomic E-state index is 13.5. The monoisotopic (exact) mass is 535 g/mol. The van der Waals surface area contributed by atoms with Gasteiger partial charge in [-0.25, -0.2) is 23.1 Å². The van der Waals surface area contributed by atoms with Crippen molar-refractivity contribution in [3.05, 3.63) is 100 Å². The fourth-order valence-electron chi connectivity index (χ4n) is 3.78. The lowest BCUT2D eigenvalue weighted by atomic mass is 10.0. The summed E-state index contributed by atoms with van der Waals surface area (Å²) >= 11 is 0. The first-order chi connectivity index (χ1) is 18.4. The van der Waals surface area contributed by atoms with Crippen molar-refractivity contribution in [1.82, 2.24) is 25.2 Å². The number of aromatic nitrogens is 3. The summed E-state index contributed by atoms with van der Waals surface area (Å²) < 4.78 is 33.4. The molecule has 0 unspecified atom stereocenters. The summed E-state index contributed by atoms with van der Waals surface area (Å²) in [4.78, 5) is 42.5. The van der Waals surface area contributed by atoms with E-state index in [0.717, 1.165) is 17.7 Å². The van der Waals surface area contributed by atoms with Gasteiger partial charge in [0.2, 0.25) is 0 Å². The minimum atomic E-state index is -1.02. The van der Waals surface area contributed by atoms with Gasteiger partial charge in [0, 0.05) is 25.2 Å². The molecule has 2 aromatic carbocycles. The zero-order valence-electron chi connectivity index (χ0n) is 21.8. The standard InChI is InChI=1S/C28H27F2N5O4/c1-16-11-17(5-7-19(16)27(38)39-28(2,3)4)14-32-26(37)23-13-22(34-24-9-10-33-35(23)24)25(36)31-15-18-6-8-20(29)21(30)12-18/h5-13H,14-15H2,1-4H3,(H,31,36)(H,32,37). The molecular formula is C28H27F2N5O4. The van der Waals surface area contributed by atoms with Crippen LogP contribution < -0.4 is 10.6 Å². The zero-order valence-corrected chi connectivity index (χ0v) is 21.8. The lowest BCUT2D eigenvalue weighted by molar-refractivity contribution is 0.00684. The Kier molecular flexibility index (Phi) is 7.70. The van der Waals surface area contributed by atoms with Gasteiger partial charge in [0.05, 0.1) is 11.8 Å². The van der Waals surface area contributed by atoms with Gasteiger partial charge in [-0.05, 0) is 62.6 Å². The molecule has 0 saturated carbocycles. The fraction of sp³-hybridized carbons (Fsp3) is 0.250. The number of ether oxygens (including phenoxy) is 1. The average Bonchev–Trinajstić information content (AvgIpc) is 3.35. The largest absolute Gasteiger partial charge is 0.456 e. The second-order valence-electron chi connectivity index (χ2n) is 9.89. The molecule has 39 heavy (non-hydrogen) atoms. The summed E-state index contributed by atoms with van der Waals surface area (Å²) in [5.74, 6) is -3.54. The summed E-state index contributed by atoms with van der Waals surface area (Å²) in [6, 6.07) is 11.3. The van der Waals surface area contributed by atoms with Gasteiger partial charge in [-0.1, -0.05) is 18.2 Å². The highest BCUT2D eigenvalue weighted by molar-refractivity contribution is 5.98. The van der Waals surface area contributed by atoms with Crippen LogP contribution in [0.3, 0.4) is 0 Å². The third-order valence-corrected chi connectivity index (χ3v) is 5.62. The van der Waals surface area contributed by atoms with Gasteiger partial charge in [0.1, 0.15) is 17.0 Å². The first-order valence-electron chi connectivity index (χ1n) is 12.1. The number of rotatable bonds is 7. The van der Waals surface area contributed by atoms with E-state index < -0.39 is 35.0 Å². The van der Waals surface area contributed by atoms with Crippen LogP contribution in [0, 0.1) is 18.6 Å². The molecule has 4 aromatic rings. The Bertz CT molecular complexity index is 1580. The molecule has 4 rings (SSSR count). The van der Waals surface area contributed by atoms with Crippen molar-refractivity contribution in [2.24, 2.45) is 0 Å². The smallest absolute Gasteiger partial charge is 0.338 e. The van der Waals surface area contributed by atoms with E-state index in [-0.39, 0.29) is 30.1 Å². The molecule has 9 nitrogen and oxygen atoms in total. The van der Waals surface area contributed by atoms with Gasteiger partial charge in [-0.3, -0.25) is 9.59 Å². The van der Waals surface area contributed by atoms with E-state index in [1.54, 1.807) is 52.0 Å². The molecule has 0 radical (unpaired) electrons. The van der Waals surface area contributed by atoms with Gasteiger partial charge in [0.25, 0.3) is 11.8 Å². The molecule has 0 aliphatic heterocycles. The molecule has 0 aliphatic rings. The van der Waals surface area contributed by atoms with Crippen LogP contribution in [0.4, 0.5) is 8.78 Å². The fourth-order valence-corrected chi connectivity index (χ4v) is 3.78. The number of carbonyl (C=O) groups is 3. The number of aryl methyl sites for hydroxylation is 1. The molecule has 0 bridgehead atoms. The highest BCUT2D eigenvalue weighted by atomic mass is 19.2. The Hall–Kier alpha value is -4.67. The topological polar surface area (TPSA) is 115 Å². The first-order valence-corrected chi connectivity index (χ1v) is 12.1. The van der Waals surface area contributed by atoms with Gasteiger partial charge in [0.15, 0.2) is 17.3 Å². The minimum absolute atomic E-state index is 0.0479. The molecule has 0 fully saturated rings. The van der Waals surface area contributed by atoms with Crippen LogP contribution in [0.2, 0.25) is 0 Å². The summed E-state index contributed by atoms with van der Waals surface area (Å²) in [6.07, 6.45) is 1.45. The van der Waals surface area contributed by atoms with Crippen LogP contribution in [0.15, 0.2) is 54.7 Å². The number of hydrogen-bond donors (Lipinski definition) is 2. The van der Waals surface area contributed by atoms with Gasteiger partial charge in [-0.2, -0.15) is 5.10 Å². The molecule has 0 spiro atoms. The van der Waals surface area contributed by atoms with E-state index in [1.807, 2.05) is 0 Å². The number of benzene rings is 2. The Morgan fingerprint density at radius 1 is 0.897 bits per heavy atom. The maximum Gasteiger partial charge on any atom is 0.338 e. The van der Waals surface area contributed by atoms with Crippen molar-refractivity contribution in [2.45, 2.75) is 46.4 Å². The van der Waals surface area contributed by atoms with E-state index in [1.165, 1.54) is 22.8 Å². The molecule has 2 heterocycles. The number of carbonyl (C=O) groups excluding carboxylic acids is 3. The molecule has 11 heteroatoms. The Labute approximate surface area is 223 Å². The predicted molar refractivity (Wildman–Crippen MR) is 138 cm³/mol. The predicted octanol–water partition coefficient (Wildman–Crippen LogP) is 4.13. The number of halogens is 2. The van der Waals surface area contributed by atoms with Crippen LogP contribution in [-0.2, 0) is 17.8 Å². The lowest BCUT2D eigenvalue weighted by Gasteiger charge is -2.20. The molecule has 2 amide bonds. The SMILES string of the molecule is Cc1cc(CNC(=O)c2cc(C(=O)NCc3ccc(F)c(F)c3)nc3ccnn23)ccc1C(=O)OC(C)(C)C. The van der Waals surface area contributed by atoms with Gasteiger partial charge in [-0.15, -0.1) is 0 Å². The molecule has 202 valence electrons. The Morgan fingerprint density at radius 2 is 1.56 bits per heavy atom. The quantitative estimate of drug-likeness (QED) is 0.344. The highest BCUT2D eigenvalue weighted by Gasteiger charge is 2.20. The number of fused-ring (bicyclic) bond motifs is 1. The van der Waals surface area contributed by atoms with E-state index >= 15 is 0 Å². The maximum atomic E-state index is 13.5. The van der Waals surface area contributed by atoms with E-state index in [4.69, 9.17) is 4.74 Å². The van der Waals surface area contributed by atoms with Crippen molar-refractivity contribution >= 4 is 23.4 Å². The van der Waals surface area contributed by atoms with E-state index in [0.29, 0.717) is 16.7 Å². The normalized spacial score (nSPS) is 11.3. The van der Waals surface area contributed by atoms with Gasteiger partial charge >= 0.3 is 5.97 Å². The number of esters is 1. The number of nitrogens with one attached hydrogen (secondary N) is 2. The second-order valence-corrected chi connectivity index (χ2v) is 9.89. The summed E-state index contributed by atoms with van der Waals surface area (Å²) in [7, 11) is 0. The van der Waals surface area contributed by atoms with Crippen LogP contribution >= 0.6 is 0 Å². The summed E-state index contributed by atoms with van der Waals surface area (Å²) in [5.41, 5.74) is 1.94. The molecule has 0 saturated heterocycles. The second kappa shape index (κ2) is 11.0. The highest BCUT2D eigenvalue weighted by Crippen LogP contribution is 2.17. The number of nitrogens with zero attached hydrogens (tertiary/aromatic N) is 3. The van der Waals surface area contributed by atoms with Crippen molar-refractivity contribution in [3.63, 3.8) is 0 Å².